The molecule has 0 aliphatic heterocycles. The van der Waals surface area contributed by atoms with Crippen LogP contribution in [-0.2, 0) is 0 Å². The van der Waals surface area contributed by atoms with Gasteiger partial charge in [0.1, 0.15) is 11.5 Å². The number of aromatic hydroxyl groups is 1. The van der Waals surface area contributed by atoms with E-state index in [4.69, 9.17) is 4.74 Å². The van der Waals surface area contributed by atoms with E-state index < -0.39 is 0 Å². The minimum Gasteiger partial charge on any atom is -0.505 e. The third-order valence-corrected chi connectivity index (χ3v) is 4.82. The van der Waals surface area contributed by atoms with Crippen LogP contribution in [0.5, 0.6) is 11.5 Å². The number of methoxy groups -OCH3 is 1. The Morgan fingerprint density at radius 3 is 1.93 bits per heavy atom. The molecule has 4 aromatic rings. The van der Waals surface area contributed by atoms with Crippen molar-refractivity contribution in [3.63, 3.8) is 0 Å². The summed E-state index contributed by atoms with van der Waals surface area (Å²) in [5, 5.41) is 11.2. The van der Waals surface area contributed by atoms with E-state index in [-0.39, 0.29) is 5.75 Å². The van der Waals surface area contributed by atoms with Crippen molar-refractivity contribution in [2.24, 2.45) is 0 Å². The molecular weight excluding hydrogens is 334 g/mol. The molecule has 0 unspecified atom stereocenters. The van der Waals surface area contributed by atoms with Gasteiger partial charge < -0.3 is 14.4 Å². The molecule has 1 heterocycles. The number of ether oxygens (including phenoxy) is 1. The van der Waals surface area contributed by atoms with Gasteiger partial charge in [-0.25, -0.2) is 0 Å². The predicted molar refractivity (Wildman–Crippen MR) is 110 cm³/mol. The van der Waals surface area contributed by atoms with E-state index in [1.807, 2.05) is 79.7 Å². The third-order valence-electron chi connectivity index (χ3n) is 4.82. The molecule has 0 bridgehead atoms. The molecule has 3 aromatic carbocycles. The van der Waals surface area contributed by atoms with Gasteiger partial charge in [-0.1, -0.05) is 60.7 Å². The second-order valence-corrected chi connectivity index (χ2v) is 6.42. The number of para-hydroxylation sites is 1. The Morgan fingerprint density at radius 2 is 1.33 bits per heavy atom. The summed E-state index contributed by atoms with van der Waals surface area (Å²) in [6.07, 6.45) is 0. The highest BCUT2D eigenvalue weighted by Gasteiger charge is 2.23. The lowest BCUT2D eigenvalue weighted by Gasteiger charge is -2.12. The van der Waals surface area contributed by atoms with Crippen molar-refractivity contribution in [2.75, 3.05) is 7.11 Å². The highest BCUT2D eigenvalue weighted by Crippen LogP contribution is 2.44. The first-order valence-corrected chi connectivity index (χ1v) is 8.90. The largest absolute Gasteiger partial charge is 0.505 e. The molecule has 1 aromatic heterocycles. The van der Waals surface area contributed by atoms with Crippen LogP contribution >= 0.6 is 0 Å². The molecule has 0 amide bonds. The number of aromatic nitrogens is 1. The SMILES string of the molecule is COc1ccc(-c2c(O)c(-c3ccccc3)n(-c3ccccc3)c2C)cc1. The lowest BCUT2D eigenvalue weighted by Crippen LogP contribution is -1.99. The molecule has 0 spiro atoms. The van der Waals surface area contributed by atoms with Crippen LogP contribution in [0, 0.1) is 6.92 Å². The zero-order valence-corrected chi connectivity index (χ0v) is 15.4. The van der Waals surface area contributed by atoms with Gasteiger partial charge in [0.2, 0.25) is 0 Å². The van der Waals surface area contributed by atoms with Crippen molar-refractivity contribution in [1.29, 1.82) is 0 Å². The van der Waals surface area contributed by atoms with E-state index in [1.54, 1.807) is 7.11 Å². The predicted octanol–water partition coefficient (Wildman–Crippen LogP) is 5.83. The normalized spacial score (nSPS) is 10.7. The summed E-state index contributed by atoms with van der Waals surface area (Å²) in [4.78, 5) is 0. The maximum atomic E-state index is 11.2. The number of nitrogens with zero attached hydrogens (tertiary/aromatic N) is 1. The van der Waals surface area contributed by atoms with E-state index >= 15 is 0 Å². The first-order valence-electron chi connectivity index (χ1n) is 8.90. The number of hydrogen-bond donors (Lipinski definition) is 1. The Hall–Kier alpha value is -3.46. The lowest BCUT2D eigenvalue weighted by atomic mass is 10.0. The van der Waals surface area contributed by atoms with E-state index in [9.17, 15) is 5.11 Å². The summed E-state index contributed by atoms with van der Waals surface area (Å²) in [5.74, 6) is 1.08. The van der Waals surface area contributed by atoms with Crippen LogP contribution in [0.2, 0.25) is 0 Å². The van der Waals surface area contributed by atoms with Crippen molar-refractivity contribution in [3.8, 4) is 39.6 Å². The fourth-order valence-corrected chi connectivity index (χ4v) is 3.54. The van der Waals surface area contributed by atoms with Crippen molar-refractivity contribution in [1.82, 2.24) is 4.57 Å². The average Bonchev–Trinajstić information content (AvgIpc) is 2.99. The van der Waals surface area contributed by atoms with E-state index in [0.717, 1.165) is 39.5 Å². The maximum Gasteiger partial charge on any atom is 0.149 e. The van der Waals surface area contributed by atoms with Crippen molar-refractivity contribution in [2.45, 2.75) is 6.92 Å². The molecule has 4 rings (SSSR count). The van der Waals surface area contributed by atoms with Gasteiger partial charge in [-0.15, -0.1) is 0 Å². The van der Waals surface area contributed by atoms with E-state index in [2.05, 4.69) is 16.7 Å². The van der Waals surface area contributed by atoms with Crippen LogP contribution in [0.25, 0.3) is 28.1 Å². The van der Waals surface area contributed by atoms with Gasteiger partial charge in [-0.05, 0) is 36.8 Å². The molecule has 134 valence electrons. The van der Waals surface area contributed by atoms with E-state index in [0.29, 0.717) is 0 Å². The monoisotopic (exact) mass is 355 g/mol. The average molecular weight is 355 g/mol. The van der Waals surface area contributed by atoms with Crippen LogP contribution in [0.1, 0.15) is 5.69 Å². The molecule has 0 radical (unpaired) electrons. The number of benzene rings is 3. The molecule has 3 heteroatoms. The molecule has 0 saturated heterocycles. The van der Waals surface area contributed by atoms with Crippen LogP contribution in [0.4, 0.5) is 0 Å². The highest BCUT2D eigenvalue weighted by atomic mass is 16.5. The molecule has 27 heavy (non-hydrogen) atoms. The van der Waals surface area contributed by atoms with Gasteiger partial charge in [-0.2, -0.15) is 0 Å². The standard InChI is InChI=1S/C24H21NO2/c1-17-22(18-13-15-21(27-2)16-14-18)24(26)23(19-9-5-3-6-10-19)25(17)20-11-7-4-8-12-20/h3-16,26H,1-2H3. The van der Waals surface area contributed by atoms with Gasteiger partial charge in [0.15, 0.2) is 0 Å². The Bertz CT molecular complexity index is 986. The van der Waals surface area contributed by atoms with Crippen LogP contribution in [0.15, 0.2) is 84.9 Å². The fraction of sp³-hybridized carbons (Fsp3) is 0.0833. The van der Waals surface area contributed by atoms with Gasteiger partial charge in [0, 0.05) is 22.5 Å². The van der Waals surface area contributed by atoms with Gasteiger partial charge in [0.25, 0.3) is 0 Å². The fourth-order valence-electron chi connectivity index (χ4n) is 3.54. The quantitative estimate of drug-likeness (QED) is 0.499. The zero-order chi connectivity index (χ0) is 18.8. The first kappa shape index (κ1) is 17.0. The summed E-state index contributed by atoms with van der Waals surface area (Å²) in [6, 6.07) is 27.9. The molecule has 0 aliphatic carbocycles. The summed E-state index contributed by atoms with van der Waals surface area (Å²) in [6.45, 7) is 2.04. The minimum absolute atomic E-state index is 0.285. The third kappa shape index (κ3) is 2.97. The van der Waals surface area contributed by atoms with Crippen LogP contribution in [0.3, 0.4) is 0 Å². The maximum absolute atomic E-state index is 11.2. The summed E-state index contributed by atoms with van der Waals surface area (Å²) in [7, 11) is 1.65. The Balaban J connectivity index is 2.00. The molecule has 1 N–H and O–H groups in total. The van der Waals surface area contributed by atoms with Crippen molar-refractivity contribution < 1.29 is 9.84 Å². The Kier molecular flexibility index (Phi) is 4.43. The Morgan fingerprint density at radius 1 is 0.741 bits per heavy atom. The van der Waals surface area contributed by atoms with Crippen molar-refractivity contribution in [3.05, 3.63) is 90.6 Å². The summed E-state index contributed by atoms with van der Waals surface area (Å²) in [5.41, 5.74) is 5.57. The van der Waals surface area contributed by atoms with E-state index in [1.165, 1.54) is 0 Å². The van der Waals surface area contributed by atoms with Crippen molar-refractivity contribution >= 4 is 0 Å². The minimum atomic E-state index is 0.285. The second-order valence-electron chi connectivity index (χ2n) is 6.42. The van der Waals surface area contributed by atoms with Crippen LogP contribution < -0.4 is 4.74 Å². The zero-order valence-electron chi connectivity index (χ0n) is 15.4. The highest BCUT2D eigenvalue weighted by molar-refractivity contribution is 5.85. The molecule has 0 atom stereocenters. The summed E-state index contributed by atoms with van der Waals surface area (Å²) < 4.78 is 7.38. The van der Waals surface area contributed by atoms with Crippen LogP contribution in [-0.4, -0.2) is 16.8 Å². The lowest BCUT2D eigenvalue weighted by molar-refractivity contribution is 0.415. The smallest absolute Gasteiger partial charge is 0.149 e. The summed E-state index contributed by atoms with van der Waals surface area (Å²) >= 11 is 0. The molecule has 0 fully saturated rings. The molecule has 3 nitrogen and oxygen atoms in total. The van der Waals surface area contributed by atoms with Gasteiger partial charge in [-0.3, -0.25) is 0 Å². The number of hydrogen-bond acceptors (Lipinski definition) is 2. The second kappa shape index (κ2) is 7.04. The molecular formula is C24H21NO2. The number of rotatable bonds is 4. The first-order chi connectivity index (χ1) is 13.2. The molecule has 0 aliphatic rings. The van der Waals surface area contributed by atoms with Gasteiger partial charge in [0.05, 0.1) is 12.8 Å². The molecule has 0 saturated carbocycles. The van der Waals surface area contributed by atoms with Gasteiger partial charge >= 0.3 is 0 Å². The Labute approximate surface area is 159 Å². The topological polar surface area (TPSA) is 34.4 Å².